The van der Waals surface area contributed by atoms with Crippen LogP contribution in [0.15, 0.2) is 23.1 Å². The number of halogens is 4. The van der Waals surface area contributed by atoms with Gasteiger partial charge in [0.2, 0.25) is 6.79 Å². The first-order chi connectivity index (χ1) is 12.4. The molecule has 0 fully saturated rings. The van der Waals surface area contributed by atoms with Crippen molar-refractivity contribution >= 4 is 18.4 Å². The van der Waals surface area contributed by atoms with Crippen LogP contribution in [0.25, 0.3) is 0 Å². The van der Waals surface area contributed by atoms with Gasteiger partial charge in [0.1, 0.15) is 12.4 Å². The van der Waals surface area contributed by atoms with E-state index in [1.54, 1.807) is 13.8 Å². The fraction of sp³-hybridized carbons (Fsp3) is 0.538. The number of ether oxygens (including phenoxy) is 2. The fourth-order valence-electron chi connectivity index (χ4n) is 1.56. The van der Waals surface area contributed by atoms with Crippen LogP contribution in [0.4, 0.5) is 17.6 Å². The zero-order chi connectivity index (χ0) is 20.7. The van der Waals surface area contributed by atoms with Gasteiger partial charge in [-0.1, -0.05) is 10.6 Å². The molecule has 0 radical (unpaired) electrons. The average Bonchev–Trinajstić information content (AvgIpc) is 2.49. The molecule has 0 aliphatic rings. The lowest BCUT2D eigenvalue weighted by molar-refractivity contribution is -0.275. The normalized spacial score (nSPS) is 13.1. The van der Waals surface area contributed by atoms with Crippen LogP contribution in [-0.4, -0.2) is 40.9 Å². The second kappa shape index (κ2) is 10.2. The molecule has 0 aliphatic heterocycles. The summed E-state index contributed by atoms with van der Waals surface area (Å²) in [6.45, 7) is 2.29. The summed E-state index contributed by atoms with van der Waals surface area (Å²) in [4.78, 5) is -1.48. The Morgan fingerprint density at radius 1 is 1.15 bits per heavy atom. The monoisotopic (exact) mass is 439 g/mol. The number of hydrogen-bond acceptors (Lipinski definition) is 8. The van der Waals surface area contributed by atoms with Crippen molar-refractivity contribution < 1.29 is 53.2 Å². The van der Waals surface area contributed by atoms with E-state index in [4.69, 9.17) is 4.74 Å². The standard InChI is InChI=1S/C13H16F4O8PS/c1-9(2)21-6-7-22-26(18)23-8-24-27(19,20)12-10(14)4-3-5-11(12)25-13(15,16)17/h3-5,9H,6-8H2,1-2H3/q+1. The molecule has 0 amide bonds. The molecule has 14 heteroatoms. The molecule has 154 valence electrons. The van der Waals surface area contributed by atoms with Gasteiger partial charge in [-0.2, -0.15) is 8.42 Å². The van der Waals surface area contributed by atoms with Gasteiger partial charge in [0.15, 0.2) is 10.6 Å². The molecule has 1 aromatic rings. The molecule has 8 nitrogen and oxygen atoms in total. The Morgan fingerprint density at radius 2 is 1.81 bits per heavy atom. The molecule has 0 N–H and O–H groups in total. The molecule has 0 bridgehead atoms. The van der Waals surface area contributed by atoms with E-state index in [1.165, 1.54) is 0 Å². The van der Waals surface area contributed by atoms with Crippen molar-refractivity contribution in [3.63, 3.8) is 0 Å². The van der Waals surface area contributed by atoms with Crippen molar-refractivity contribution in [3.8, 4) is 5.75 Å². The topological polar surface area (TPSA) is 97.4 Å². The van der Waals surface area contributed by atoms with Gasteiger partial charge in [0.05, 0.1) is 12.7 Å². The quantitative estimate of drug-likeness (QED) is 0.170. The van der Waals surface area contributed by atoms with Gasteiger partial charge in [0, 0.05) is 4.57 Å². The van der Waals surface area contributed by atoms with Crippen LogP contribution >= 0.6 is 8.25 Å². The van der Waals surface area contributed by atoms with Crippen molar-refractivity contribution in [2.24, 2.45) is 0 Å². The maximum Gasteiger partial charge on any atom is 0.699 e. The Hall–Kier alpha value is -1.37. The van der Waals surface area contributed by atoms with Crippen molar-refractivity contribution in [2.75, 3.05) is 20.0 Å². The smallest absolute Gasteiger partial charge is 0.404 e. The minimum atomic E-state index is -5.26. The first-order valence-electron chi connectivity index (χ1n) is 7.21. The third-order valence-electron chi connectivity index (χ3n) is 2.50. The maximum absolute atomic E-state index is 13.7. The molecule has 0 aromatic heterocycles. The molecule has 0 heterocycles. The number of rotatable bonds is 11. The molecule has 0 spiro atoms. The molecule has 1 atom stereocenters. The molecular formula is C13H16F4O8PS+. The highest BCUT2D eigenvalue weighted by molar-refractivity contribution is 7.86. The van der Waals surface area contributed by atoms with E-state index in [2.05, 4.69) is 18.0 Å². The van der Waals surface area contributed by atoms with Gasteiger partial charge in [-0.05, 0) is 26.0 Å². The molecular weight excluding hydrogens is 423 g/mol. The van der Waals surface area contributed by atoms with Gasteiger partial charge in [-0.15, -0.1) is 17.7 Å². The third-order valence-corrected chi connectivity index (χ3v) is 4.51. The third kappa shape index (κ3) is 8.91. The minimum absolute atomic E-state index is 0.0882. The summed E-state index contributed by atoms with van der Waals surface area (Å²) in [5.74, 6) is -2.86. The summed E-state index contributed by atoms with van der Waals surface area (Å²) < 4.78 is 108. The largest absolute Gasteiger partial charge is 0.699 e. The Balaban J connectivity index is 2.67. The Labute approximate surface area is 153 Å². The van der Waals surface area contributed by atoms with E-state index in [-0.39, 0.29) is 19.3 Å². The van der Waals surface area contributed by atoms with E-state index >= 15 is 0 Å². The number of alkyl halides is 3. The van der Waals surface area contributed by atoms with Crippen LogP contribution in [0.5, 0.6) is 5.75 Å². The lowest BCUT2D eigenvalue weighted by Gasteiger charge is -2.13. The van der Waals surface area contributed by atoms with Crippen LogP contribution in [0.1, 0.15) is 13.8 Å². The van der Waals surface area contributed by atoms with Crippen molar-refractivity contribution in [1.29, 1.82) is 0 Å². The SMILES string of the molecule is CC(C)OCCO[P+](=O)OCOS(=O)(=O)c1c(F)cccc1OC(F)(F)F. The highest BCUT2D eigenvalue weighted by atomic mass is 32.2. The molecule has 27 heavy (non-hydrogen) atoms. The van der Waals surface area contributed by atoms with E-state index in [1.807, 2.05) is 0 Å². The Kier molecular flexibility index (Phi) is 8.99. The summed E-state index contributed by atoms with van der Waals surface area (Å²) >= 11 is 0. The van der Waals surface area contributed by atoms with Crippen LogP contribution in [0, 0.1) is 5.82 Å². The second-order valence-corrected chi connectivity index (χ2v) is 7.43. The van der Waals surface area contributed by atoms with Gasteiger partial charge < -0.3 is 9.47 Å². The molecule has 1 unspecified atom stereocenters. The molecule has 0 saturated carbocycles. The fourth-order valence-corrected chi connectivity index (χ4v) is 3.02. The van der Waals surface area contributed by atoms with Gasteiger partial charge >= 0.3 is 24.7 Å². The summed E-state index contributed by atoms with van der Waals surface area (Å²) in [6.07, 6.45) is -5.35. The highest BCUT2D eigenvalue weighted by Gasteiger charge is 2.36. The van der Waals surface area contributed by atoms with Crippen molar-refractivity contribution in [2.45, 2.75) is 31.2 Å². The predicted molar refractivity (Wildman–Crippen MR) is 82.0 cm³/mol. The zero-order valence-corrected chi connectivity index (χ0v) is 15.8. The van der Waals surface area contributed by atoms with E-state index < -0.39 is 48.0 Å². The minimum Gasteiger partial charge on any atom is -0.404 e. The van der Waals surface area contributed by atoms with E-state index in [9.17, 15) is 30.5 Å². The van der Waals surface area contributed by atoms with Crippen LogP contribution in [0.2, 0.25) is 0 Å². The molecule has 0 aliphatic carbocycles. The lowest BCUT2D eigenvalue weighted by Crippen LogP contribution is -2.20. The highest BCUT2D eigenvalue weighted by Crippen LogP contribution is 2.33. The first-order valence-corrected chi connectivity index (χ1v) is 9.71. The van der Waals surface area contributed by atoms with Gasteiger partial charge in [-0.25, -0.2) is 8.57 Å². The summed E-state index contributed by atoms with van der Waals surface area (Å²) in [7, 11) is -7.86. The Bertz CT molecular complexity index is 738. The number of hydrogen-bond donors (Lipinski definition) is 0. The predicted octanol–water partition coefficient (Wildman–Crippen LogP) is 3.50. The van der Waals surface area contributed by atoms with Crippen molar-refractivity contribution in [3.05, 3.63) is 24.0 Å². The van der Waals surface area contributed by atoms with Gasteiger partial charge in [0.25, 0.3) is 0 Å². The maximum atomic E-state index is 13.7. The second-order valence-electron chi connectivity index (χ2n) is 4.91. The summed E-state index contributed by atoms with van der Waals surface area (Å²) in [6, 6.07) is 2.00. The lowest BCUT2D eigenvalue weighted by atomic mass is 10.3. The molecule has 1 rings (SSSR count). The first kappa shape index (κ1) is 23.7. The number of benzene rings is 1. The van der Waals surface area contributed by atoms with Crippen LogP contribution in [0.3, 0.4) is 0 Å². The van der Waals surface area contributed by atoms with E-state index in [0.717, 1.165) is 6.07 Å². The summed E-state index contributed by atoms with van der Waals surface area (Å²) in [5.41, 5.74) is 0. The van der Waals surface area contributed by atoms with Crippen molar-refractivity contribution in [1.82, 2.24) is 0 Å². The molecule has 1 aromatic carbocycles. The van der Waals surface area contributed by atoms with Gasteiger partial charge in [-0.3, -0.25) is 0 Å². The summed E-state index contributed by atoms with van der Waals surface area (Å²) in [5, 5.41) is 0. The average molecular weight is 439 g/mol. The molecule has 0 saturated heterocycles. The Morgan fingerprint density at radius 3 is 2.41 bits per heavy atom. The van der Waals surface area contributed by atoms with Crippen LogP contribution in [-0.2, 0) is 32.7 Å². The zero-order valence-electron chi connectivity index (χ0n) is 14.1. The van der Waals surface area contributed by atoms with Crippen LogP contribution < -0.4 is 4.74 Å². The van der Waals surface area contributed by atoms with E-state index in [0.29, 0.717) is 12.1 Å².